The van der Waals surface area contributed by atoms with Crippen LogP contribution in [0.3, 0.4) is 0 Å². The van der Waals surface area contributed by atoms with E-state index >= 15 is 0 Å². The van der Waals surface area contributed by atoms with Crippen molar-refractivity contribution in [3.8, 4) is 0 Å². The molecule has 0 saturated carbocycles. The van der Waals surface area contributed by atoms with Crippen LogP contribution in [-0.2, 0) is 16.6 Å². The van der Waals surface area contributed by atoms with Gasteiger partial charge in [-0.1, -0.05) is 13.0 Å². The number of alkyl halides is 2. The summed E-state index contributed by atoms with van der Waals surface area (Å²) in [5, 5.41) is 3.11. The largest absolute Gasteiger partial charge is 0.313 e. The summed E-state index contributed by atoms with van der Waals surface area (Å²) < 4.78 is 50.8. The van der Waals surface area contributed by atoms with Crippen molar-refractivity contribution in [3.63, 3.8) is 0 Å². The number of aryl methyl sites for hydroxylation is 1. The highest BCUT2D eigenvalue weighted by atomic mass is 79.9. The van der Waals surface area contributed by atoms with Gasteiger partial charge in [0.15, 0.2) is 0 Å². The second kappa shape index (κ2) is 7.62. The van der Waals surface area contributed by atoms with Gasteiger partial charge in [0, 0.05) is 18.1 Å². The molecular weight excluding hydrogens is 366 g/mol. The summed E-state index contributed by atoms with van der Waals surface area (Å²) >= 11 is 3.24. The average molecular weight is 385 g/mol. The van der Waals surface area contributed by atoms with Crippen molar-refractivity contribution in [1.29, 1.82) is 0 Å². The van der Waals surface area contributed by atoms with Gasteiger partial charge in [-0.2, -0.15) is 4.31 Å². The summed E-state index contributed by atoms with van der Waals surface area (Å²) in [5.74, 6) is 0. The van der Waals surface area contributed by atoms with E-state index in [1.807, 2.05) is 13.0 Å². The zero-order valence-corrected chi connectivity index (χ0v) is 14.6. The topological polar surface area (TPSA) is 49.4 Å². The third kappa shape index (κ3) is 4.70. The molecule has 0 saturated heterocycles. The van der Waals surface area contributed by atoms with Crippen LogP contribution in [0.5, 0.6) is 0 Å². The van der Waals surface area contributed by atoms with E-state index in [2.05, 4.69) is 21.2 Å². The Bertz CT molecular complexity index is 594. The van der Waals surface area contributed by atoms with Crippen LogP contribution in [0.4, 0.5) is 8.78 Å². The highest BCUT2D eigenvalue weighted by Gasteiger charge is 2.26. The molecule has 1 aromatic rings. The van der Waals surface area contributed by atoms with Crippen LogP contribution in [0, 0.1) is 6.92 Å². The Hall–Kier alpha value is -0.570. The highest BCUT2D eigenvalue weighted by molar-refractivity contribution is 9.10. The molecule has 0 amide bonds. The highest BCUT2D eigenvalue weighted by Crippen LogP contribution is 2.29. The molecule has 120 valence electrons. The van der Waals surface area contributed by atoms with E-state index < -0.39 is 23.0 Å². The lowest BCUT2D eigenvalue weighted by Crippen LogP contribution is -2.31. The van der Waals surface area contributed by atoms with Crippen molar-refractivity contribution in [2.45, 2.75) is 31.7 Å². The van der Waals surface area contributed by atoms with Crippen LogP contribution in [-0.4, -0.2) is 39.3 Å². The van der Waals surface area contributed by atoms with Crippen LogP contribution in [0.2, 0.25) is 0 Å². The lowest BCUT2D eigenvalue weighted by molar-refractivity contribution is 0.126. The molecule has 1 N–H and O–H groups in total. The first-order chi connectivity index (χ1) is 9.70. The maximum Gasteiger partial charge on any atom is 0.252 e. The molecule has 8 heteroatoms. The zero-order valence-electron chi connectivity index (χ0n) is 12.2. The monoisotopic (exact) mass is 384 g/mol. The van der Waals surface area contributed by atoms with Gasteiger partial charge >= 0.3 is 0 Å². The number of rotatable bonds is 7. The molecule has 21 heavy (non-hydrogen) atoms. The number of halogens is 3. The molecule has 0 aliphatic heterocycles. The minimum absolute atomic E-state index is 0.0125. The van der Waals surface area contributed by atoms with Crippen molar-refractivity contribution in [1.82, 2.24) is 9.62 Å². The van der Waals surface area contributed by atoms with Crippen molar-refractivity contribution in [2.75, 3.05) is 20.1 Å². The van der Waals surface area contributed by atoms with Gasteiger partial charge in [0.2, 0.25) is 10.0 Å². The first-order valence-electron chi connectivity index (χ1n) is 6.44. The molecule has 0 unspecified atom stereocenters. The molecule has 1 aromatic carbocycles. The fourth-order valence-corrected chi connectivity index (χ4v) is 4.00. The van der Waals surface area contributed by atoms with Gasteiger partial charge < -0.3 is 5.32 Å². The normalized spacial score (nSPS) is 12.4. The van der Waals surface area contributed by atoms with Gasteiger partial charge in [-0.3, -0.25) is 0 Å². The maximum atomic E-state index is 12.4. The van der Waals surface area contributed by atoms with Crippen LogP contribution in [0.1, 0.15) is 18.1 Å². The van der Waals surface area contributed by atoms with Crippen LogP contribution < -0.4 is 5.32 Å². The van der Waals surface area contributed by atoms with Crippen molar-refractivity contribution >= 4 is 26.0 Å². The molecule has 0 heterocycles. The minimum Gasteiger partial charge on any atom is -0.313 e. The summed E-state index contributed by atoms with van der Waals surface area (Å²) in [4.78, 5) is 0.0125. The molecule has 4 nitrogen and oxygen atoms in total. The first kappa shape index (κ1) is 18.5. The van der Waals surface area contributed by atoms with Gasteiger partial charge in [-0.25, -0.2) is 17.2 Å². The lowest BCUT2D eigenvalue weighted by atomic mass is 10.1. The molecule has 1 rings (SSSR count). The number of benzene rings is 1. The number of nitrogens with one attached hydrogen (secondary N) is 1. The van der Waals surface area contributed by atoms with E-state index in [1.54, 1.807) is 6.92 Å². The van der Waals surface area contributed by atoms with E-state index in [0.29, 0.717) is 15.3 Å². The maximum absolute atomic E-state index is 12.4. The number of nitrogens with zero attached hydrogens (tertiary/aromatic N) is 1. The summed E-state index contributed by atoms with van der Waals surface area (Å²) in [5.41, 5.74) is 1.54. The quantitative estimate of drug-likeness (QED) is 0.786. The Morgan fingerprint density at radius 2 is 2.00 bits per heavy atom. The van der Waals surface area contributed by atoms with E-state index in [9.17, 15) is 17.2 Å². The Labute approximate surface area is 132 Å². The second-order valence-corrected chi connectivity index (χ2v) is 7.49. The molecule has 0 spiro atoms. The predicted molar refractivity (Wildman–Crippen MR) is 82.1 cm³/mol. The van der Waals surface area contributed by atoms with Gasteiger partial charge in [-0.15, -0.1) is 0 Å². The number of hydrogen-bond donors (Lipinski definition) is 1. The van der Waals surface area contributed by atoms with Crippen molar-refractivity contribution in [3.05, 3.63) is 27.7 Å². The van der Waals surface area contributed by atoms with Crippen molar-refractivity contribution in [2.24, 2.45) is 0 Å². The Morgan fingerprint density at radius 3 is 2.52 bits per heavy atom. The summed E-state index contributed by atoms with van der Waals surface area (Å²) in [7, 11) is -2.80. The molecule has 0 aliphatic rings. The molecule has 0 bridgehead atoms. The third-order valence-corrected chi connectivity index (χ3v) is 6.11. The summed E-state index contributed by atoms with van der Waals surface area (Å²) in [6.07, 6.45) is -2.71. The van der Waals surface area contributed by atoms with E-state index in [4.69, 9.17) is 0 Å². The van der Waals surface area contributed by atoms with E-state index in [0.717, 1.165) is 24.7 Å². The van der Waals surface area contributed by atoms with Crippen LogP contribution >= 0.6 is 15.9 Å². The first-order valence-corrected chi connectivity index (χ1v) is 8.67. The van der Waals surface area contributed by atoms with Gasteiger partial charge in [-0.05, 0) is 46.6 Å². The Morgan fingerprint density at radius 1 is 1.38 bits per heavy atom. The average Bonchev–Trinajstić information content (AvgIpc) is 2.38. The summed E-state index contributed by atoms with van der Waals surface area (Å²) in [6, 6.07) is 3.37. The SMILES string of the molecule is CCNCc1cc(C)c(Br)c(S(=O)(=O)N(C)CC(F)F)c1. The van der Waals surface area contributed by atoms with Crippen LogP contribution in [0.15, 0.2) is 21.5 Å². The standard InChI is InChI=1S/C13H19BrF2N2O2S/c1-4-17-7-10-5-9(2)13(14)11(6-10)21(19,20)18(3)8-12(15)16/h5-6,12,17H,4,7-8H2,1-3H3. The van der Waals surface area contributed by atoms with Gasteiger partial charge in [0.25, 0.3) is 6.43 Å². The minimum atomic E-state index is -3.96. The molecule has 0 radical (unpaired) electrons. The fraction of sp³-hybridized carbons (Fsp3) is 0.538. The van der Waals surface area contributed by atoms with Crippen molar-refractivity contribution < 1.29 is 17.2 Å². The predicted octanol–water partition coefficient (Wildman–Crippen LogP) is 2.75. The molecular formula is C13H19BrF2N2O2S. The molecule has 0 atom stereocenters. The number of hydrogen-bond acceptors (Lipinski definition) is 3. The van der Waals surface area contributed by atoms with E-state index in [-0.39, 0.29) is 4.90 Å². The molecule has 0 aliphatic carbocycles. The van der Waals surface area contributed by atoms with E-state index in [1.165, 1.54) is 6.07 Å². The zero-order chi connectivity index (χ0) is 16.2. The summed E-state index contributed by atoms with van der Waals surface area (Å²) in [6.45, 7) is 4.16. The Kier molecular flexibility index (Phi) is 6.71. The number of sulfonamides is 1. The van der Waals surface area contributed by atoms with Gasteiger partial charge in [0.05, 0.1) is 11.4 Å². The second-order valence-electron chi connectivity index (χ2n) is 4.68. The Balaban J connectivity index is 3.24. The third-order valence-electron chi connectivity index (χ3n) is 2.94. The van der Waals surface area contributed by atoms with Crippen LogP contribution in [0.25, 0.3) is 0 Å². The molecule has 0 fully saturated rings. The fourth-order valence-electron chi connectivity index (χ4n) is 1.83. The molecule has 0 aromatic heterocycles. The lowest BCUT2D eigenvalue weighted by Gasteiger charge is -2.19. The smallest absolute Gasteiger partial charge is 0.252 e. The van der Waals surface area contributed by atoms with Gasteiger partial charge in [0.1, 0.15) is 0 Å².